The predicted octanol–water partition coefficient (Wildman–Crippen LogP) is 3.51. The van der Waals surface area contributed by atoms with Crippen LogP contribution in [0.5, 0.6) is 0 Å². The van der Waals surface area contributed by atoms with Gasteiger partial charge in [0.15, 0.2) is 6.61 Å². The number of carbonyl (C=O) groups is 3. The maximum atomic E-state index is 12.5. The molecule has 0 radical (unpaired) electrons. The number of nitrogens with one attached hydrogen (secondary N) is 1. The first-order valence-electron chi connectivity index (χ1n) is 9.46. The third-order valence-electron chi connectivity index (χ3n) is 3.93. The fourth-order valence-electron chi connectivity index (χ4n) is 2.66. The lowest BCUT2D eigenvalue weighted by Crippen LogP contribution is -2.34. The summed E-state index contributed by atoms with van der Waals surface area (Å²) in [5, 5.41) is 2.81. The maximum Gasteiger partial charge on any atom is 0.339 e. The molecule has 0 aromatic heterocycles. The molecular formula is C22H26N2O4S. The van der Waals surface area contributed by atoms with E-state index in [2.05, 4.69) is 5.32 Å². The highest BCUT2D eigenvalue weighted by Crippen LogP contribution is 2.23. The minimum atomic E-state index is -0.588. The van der Waals surface area contributed by atoms with E-state index >= 15 is 0 Å². The zero-order valence-electron chi connectivity index (χ0n) is 16.9. The summed E-state index contributed by atoms with van der Waals surface area (Å²) < 4.78 is 5.26. The zero-order chi connectivity index (χ0) is 21.2. The number of esters is 1. The molecule has 0 aliphatic rings. The third kappa shape index (κ3) is 6.94. The van der Waals surface area contributed by atoms with Crippen molar-refractivity contribution < 1.29 is 19.1 Å². The quantitative estimate of drug-likeness (QED) is 0.502. The van der Waals surface area contributed by atoms with Crippen molar-refractivity contribution in [2.75, 3.05) is 23.8 Å². The Kier molecular flexibility index (Phi) is 8.73. The number of ether oxygens (including phenoxy) is 1. The summed E-state index contributed by atoms with van der Waals surface area (Å²) in [6.07, 6.45) is 0. The molecule has 0 atom stereocenters. The fourth-order valence-corrected chi connectivity index (χ4v) is 3.51. The van der Waals surface area contributed by atoms with Crippen molar-refractivity contribution >= 4 is 35.2 Å². The van der Waals surface area contributed by atoms with E-state index in [0.717, 1.165) is 5.69 Å². The Morgan fingerprint density at radius 3 is 2.34 bits per heavy atom. The van der Waals surface area contributed by atoms with Crippen molar-refractivity contribution in [3.8, 4) is 0 Å². The molecule has 0 spiro atoms. The van der Waals surface area contributed by atoms with Crippen LogP contribution in [0.15, 0.2) is 59.5 Å². The van der Waals surface area contributed by atoms with Crippen molar-refractivity contribution in [1.82, 2.24) is 5.32 Å². The summed E-state index contributed by atoms with van der Waals surface area (Å²) >= 11 is 1.26. The summed E-state index contributed by atoms with van der Waals surface area (Å²) in [4.78, 5) is 39.1. The first-order chi connectivity index (χ1) is 13.9. The van der Waals surface area contributed by atoms with Gasteiger partial charge in [0.2, 0.25) is 5.91 Å². The van der Waals surface area contributed by atoms with Gasteiger partial charge in [-0.15, -0.1) is 11.8 Å². The van der Waals surface area contributed by atoms with E-state index in [4.69, 9.17) is 4.74 Å². The summed E-state index contributed by atoms with van der Waals surface area (Å²) in [6, 6.07) is 16.2. The Bertz CT molecular complexity index is 840. The molecule has 0 bridgehead atoms. The van der Waals surface area contributed by atoms with Gasteiger partial charge in [-0.1, -0.05) is 30.3 Å². The number of anilines is 1. The summed E-state index contributed by atoms with van der Waals surface area (Å²) in [7, 11) is 0. The van der Waals surface area contributed by atoms with Gasteiger partial charge < -0.3 is 15.0 Å². The Morgan fingerprint density at radius 2 is 1.69 bits per heavy atom. The van der Waals surface area contributed by atoms with E-state index in [1.54, 1.807) is 29.2 Å². The van der Waals surface area contributed by atoms with Crippen LogP contribution in [-0.2, 0) is 14.3 Å². The molecule has 0 aliphatic carbocycles. The minimum absolute atomic E-state index is 0.0560. The standard InChI is InChI=1S/C22H26N2O4S/c1-4-24(17-10-6-5-7-11-17)21(26)14-28-22(27)18-12-8-9-13-19(18)29-15-20(25)23-16(2)3/h5-13,16H,4,14-15H2,1-3H3,(H,23,25). The van der Waals surface area contributed by atoms with Crippen LogP contribution < -0.4 is 10.2 Å². The first kappa shape index (κ1) is 22.5. The van der Waals surface area contributed by atoms with Crippen molar-refractivity contribution in [3.05, 3.63) is 60.2 Å². The normalized spacial score (nSPS) is 10.5. The Balaban J connectivity index is 1.98. The second-order valence-corrected chi connectivity index (χ2v) is 7.57. The lowest BCUT2D eigenvalue weighted by atomic mass is 10.2. The van der Waals surface area contributed by atoms with Gasteiger partial charge in [-0.2, -0.15) is 0 Å². The SMILES string of the molecule is CCN(C(=O)COC(=O)c1ccccc1SCC(=O)NC(C)C)c1ccccc1. The van der Waals surface area contributed by atoms with Gasteiger partial charge in [-0.25, -0.2) is 4.79 Å². The molecule has 0 saturated carbocycles. The van der Waals surface area contributed by atoms with Crippen LogP contribution in [0.4, 0.5) is 5.69 Å². The number of hydrogen-bond donors (Lipinski definition) is 1. The molecule has 2 aromatic rings. The van der Waals surface area contributed by atoms with Crippen molar-refractivity contribution in [1.29, 1.82) is 0 Å². The van der Waals surface area contributed by atoms with Crippen LogP contribution in [0.3, 0.4) is 0 Å². The lowest BCUT2D eigenvalue weighted by molar-refractivity contribution is -0.121. The Hall–Kier alpha value is -2.80. The number of benzene rings is 2. The molecule has 0 fully saturated rings. The van der Waals surface area contributed by atoms with Crippen LogP contribution in [0, 0.1) is 0 Å². The molecule has 2 amide bonds. The molecule has 2 rings (SSSR count). The second-order valence-electron chi connectivity index (χ2n) is 6.56. The monoisotopic (exact) mass is 414 g/mol. The predicted molar refractivity (Wildman–Crippen MR) is 115 cm³/mol. The third-order valence-corrected chi connectivity index (χ3v) is 5.00. The number of thioether (sulfide) groups is 1. The van der Waals surface area contributed by atoms with Gasteiger partial charge in [0.25, 0.3) is 5.91 Å². The number of para-hydroxylation sites is 1. The van der Waals surface area contributed by atoms with Gasteiger partial charge in [-0.05, 0) is 45.0 Å². The molecule has 0 aliphatic heterocycles. The van der Waals surface area contributed by atoms with Crippen LogP contribution in [0.2, 0.25) is 0 Å². The topological polar surface area (TPSA) is 75.7 Å². The Labute approximate surface area is 175 Å². The molecule has 2 aromatic carbocycles. The highest BCUT2D eigenvalue weighted by Gasteiger charge is 2.19. The molecule has 0 saturated heterocycles. The smallest absolute Gasteiger partial charge is 0.339 e. The van der Waals surface area contributed by atoms with Gasteiger partial charge >= 0.3 is 5.97 Å². The van der Waals surface area contributed by atoms with Crippen LogP contribution in [0.25, 0.3) is 0 Å². The zero-order valence-corrected chi connectivity index (χ0v) is 17.7. The lowest BCUT2D eigenvalue weighted by Gasteiger charge is -2.20. The molecule has 1 N–H and O–H groups in total. The van der Waals surface area contributed by atoms with Crippen molar-refractivity contribution in [2.45, 2.75) is 31.7 Å². The molecule has 0 heterocycles. The fraction of sp³-hybridized carbons (Fsp3) is 0.318. The number of carbonyl (C=O) groups excluding carboxylic acids is 3. The molecular weight excluding hydrogens is 388 g/mol. The number of hydrogen-bond acceptors (Lipinski definition) is 5. The first-order valence-corrected chi connectivity index (χ1v) is 10.4. The summed E-state index contributed by atoms with van der Waals surface area (Å²) in [5.41, 5.74) is 1.09. The summed E-state index contributed by atoms with van der Waals surface area (Å²) in [5.74, 6) is -0.799. The number of rotatable bonds is 9. The Morgan fingerprint density at radius 1 is 1.03 bits per heavy atom. The maximum absolute atomic E-state index is 12.5. The van der Waals surface area contributed by atoms with Crippen LogP contribution in [0.1, 0.15) is 31.1 Å². The van der Waals surface area contributed by atoms with Crippen LogP contribution >= 0.6 is 11.8 Å². The highest BCUT2D eigenvalue weighted by molar-refractivity contribution is 8.00. The summed E-state index contributed by atoms with van der Waals surface area (Å²) in [6.45, 7) is 5.76. The molecule has 0 unspecified atom stereocenters. The van der Waals surface area contributed by atoms with Gasteiger partial charge in [-0.3, -0.25) is 9.59 Å². The number of likely N-dealkylation sites (N-methyl/N-ethyl adjacent to an activating group) is 1. The number of amides is 2. The average Bonchev–Trinajstić information content (AvgIpc) is 2.71. The van der Waals surface area contributed by atoms with E-state index in [-0.39, 0.29) is 30.2 Å². The van der Waals surface area contributed by atoms with Gasteiger partial charge in [0, 0.05) is 23.2 Å². The van der Waals surface area contributed by atoms with Crippen LogP contribution in [-0.4, -0.2) is 42.7 Å². The van der Waals surface area contributed by atoms with Gasteiger partial charge in [0.1, 0.15) is 0 Å². The van der Waals surface area contributed by atoms with Crippen molar-refractivity contribution in [3.63, 3.8) is 0 Å². The molecule has 154 valence electrons. The second kappa shape index (κ2) is 11.3. The van der Waals surface area contributed by atoms with E-state index in [1.165, 1.54) is 11.8 Å². The number of nitrogens with zero attached hydrogens (tertiary/aromatic N) is 1. The van der Waals surface area contributed by atoms with Crippen molar-refractivity contribution in [2.24, 2.45) is 0 Å². The molecule has 7 heteroatoms. The largest absolute Gasteiger partial charge is 0.452 e. The van der Waals surface area contributed by atoms with E-state index in [9.17, 15) is 14.4 Å². The van der Waals surface area contributed by atoms with E-state index < -0.39 is 5.97 Å². The van der Waals surface area contributed by atoms with E-state index in [1.807, 2.05) is 51.1 Å². The molecule has 29 heavy (non-hydrogen) atoms. The minimum Gasteiger partial charge on any atom is -0.452 e. The highest BCUT2D eigenvalue weighted by atomic mass is 32.2. The average molecular weight is 415 g/mol. The van der Waals surface area contributed by atoms with Gasteiger partial charge in [0.05, 0.1) is 11.3 Å². The molecule has 6 nitrogen and oxygen atoms in total. The van der Waals surface area contributed by atoms with E-state index in [0.29, 0.717) is 17.0 Å².